The molecule has 3 aromatic rings. The van der Waals surface area contributed by atoms with Crippen LogP contribution in [0.1, 0.15) is 26.7 Å². The third-order valence-electron chi connectivity index (χ3n) is 3.96. The molecule has 0 saturated carbocycles. The topological polar surface area (TPSA) is 86.2 Å². The summed E-state index contributed by atoms with van der Waals surface area (Å²) in [5.74, 6) is -0.687. The molecule has 3 aromatic carbocycles. The largest absolute Gasteiger partial charge is 0.398 e. The normalized spacial score (nSPS) is 11.7. The van der Waals surface area contributed by atoms with Gasteiger partial charge in [-0.25, -0.2) is 0 Å². The molecule has 130 valence electrons. The van der Waals surface area contributed by atoms with E-state index < -0.39 is 11.2 Å². The minimum absolute atomic E-state index is 0.183. The second-order valence-corrected chi connectivity index (χ2v) is 6.90. The van der Waals surface area contributed by atoms with Gasteiger partial charge in [-0.3, -0.25) is 9.59 Å². The Morgan fingerprint density at radius 1 is 0.808 bits per heavy atom. The molecule has 4 N–H and O–H groups in total. The molecule has 0 aromatic heterocycles. The fraction of sp³-hybridized carbons (Fsp3) is 0.0476. The number of hydrogen-bond acceptors (Lipinski definition) is 4. The van der Waals surface area contributed by atoms with Gasteiger partial charge in [-0.05, 0) is 23.8 Å². The van der Waals surface area contributed by atoms with Crippen LogP contribution in [0.25, 0.3) is 0 Å². The fourth-order valence-electron chi connectivity index (χ4n) is 2.66. The molecule has 0 aliphatic heterocycles. The smallest absolute Gasteiger partial charge is 0.235 e. The maximum absolute atomic E-state index is 12.8. The molecular formula is C21H18N2O2S. The molecule has 1 amide bonds. The lowest BCUT2D eigenvalue weighted by atomic mass is 9.97. The molecule has 0 saturated heterocycles. The summed E-state index contributed by atoms with van der Waals surface area (Å²) in [6.07, 6.45) is 0. The summed E-state index contributed by atoms with van der Waals surface area (Å²) < 4.78 is 0. The van der Waals surface area contributed by atoms with Crippen LogP contribution in [0.3, 0.4) is 0 Å². The van der Waals surface area contributed by atoms with Crippen molar-refractivity contribution in [3.05, 3.63) is 95.6 Å². The van der Waals surface area contributed by atoms with Crippen LogP contribution in [-0.4, -0.2) is 11.7 Å². The molecular weight excluding hydrogens is 344 g/mol. The van der Waals surface area contributed by atoms with E-state index in [4.69, 9.17) is 11.5 Å². The van der Waals surface area contributed by atoms with E-state index >= 15 is 0 Å². The number of nitrogens with two attached hydrogens (primary N) is 2. The number of benzene rings is 3. The van der Waals surface area contributed by atoms with Crippen LogP contribution in [0.2, 0.25) is 0 Å². The van der Waals surface area contributed by atoms with Gasteiger partial charge in [0.2, 0.25) is 5.91 Å². The van der Waals surface area contributed by atoms with Crippen molar-refractivity contribution < 1.29 is 9.59 Å². The van der Waals surface area contributed by atoms with Gasteiger partial charge in [0.1, 0.15) is 5.25 Å². The fourth-order valence-corrected chi connectivity index (χ4v) is 3.70. The minimum atomic E-state index is -0.680. The number of thioether (sulfide) groups is 1. The molecule has 0 aliphatic carbocycles. The van der Waals surface area contributed by atoms with Crippen LogP contribution in [0, 0.1) is 0 Å². The van der Waals surface area contributed by atoms with Gasteiger partial charge >= 0.3 is 0 Å². The van der Waals surface area contributed by atoms with Crippen molar-refractivity contribution in [3.63, 3.8) is 0 Å². The molecule has 0 fully saturated rings. The predicted octanol–water partition coefficient (Wildman–Crippen LogP) is 3.82. The van der Waals surface area contributed by atoms with Gasteiger partial charge < -0.3 is 11.5 Å². The summed E-state index contributed by atoms with van der Waals surface area (Å²) in [7, 11) is 0. The Morgan fingerprint density at radius 3 is 2.04 bits per heavy atom. The molecule has 0 spiro atoms. The number of anilines is 1. The van der Waals surface area contributed by atoms with Gasteiger partial charge in [0.25, 0.3) is 0 Å². The number of hydrogen-bond donors (Lipinski definition) is 2. The number of carbonyl (C=O) groups excluding carboxylic acids is 2. The summed E-state index contributed by atoms with van der Waals surface area (Å²) in [6, 6.07) is 23.5. The van der Waals surface area contributed by atoms with Gasteiger partial charge in [0, 0.05) is 21.7 Å². The molecule has 0 radical (unpaired) electrons. The molecule has 3 rings (SSSR count). The Morgan fingerprint density at radius 2 is 1.42 bits per heavy atom. The highest BCUT2D eigenvalue weighted by Crippen LogP contribution is 2.38. The third-order valence-corrected chi connectivity index (χ3v) is 5.22. The van der Waals surface area contributed by atoms with Gasteiger partial charge in [0.15, 0.2) is 5.78 Å². The monoisotopic (exact) mass is 362 g/mol. The first kappa shape index (κ1) is 17.8. The number of carbonyl (C=O) groups is 2. The van der Waals surface area contributed by atoms with E-state index in [-0.39, 0.29) is 11.5 Å². The van der Waals surface area contributed by atoms with Crippen molar-refractivity contribution in [1.29, 1.82) is 0 Å². The van der Waals surface area contributed by atoms with Gasteiger partial charge in [0.05, 0.1) is 0 Å². The molecule has 0 aliphatic rings. The van der Waals surface area contributed by atoms with Crippen molar-refractivity contribution in [2.45, 2.75) is 10.1 Å². The zero-order chi connectivity index (χ0) is 18.5. The lowest BCUT2D eigenvalue weighted by Crippen LogP contribution is -2.21. The number of ketones is 1. The lowest BCUT2D eigenvalue weighted by Gasteiger charge is -2.17. The number of para-hydroxylation sites is 1. The quantitative estimate of drug-likeness (QED) is 0.396. The molecule has 4 nitrogen and oxygen atoms in total. The number of rotatable bonds is 6. The molecule has 0 bridgehead atoms. The molecule has 0 heterocycles. The Bertz CT molecular complexity index is 927. The van der Waals surface area contributed by atoms with E-state index in [0.717, 1.165) is 4.90 Å². The third kappa shape index (κ3) is 3.78. The number of primary amides is 1. The summed E-state index contributed by atoms with van der Waals surface area (Å²) in [5, 5.41) is -0.680. The predicted molar refractivity (Wildman–Crippen MR) is 105 cm³/mol. The second kappa shape index (κ2) is 7.89. The van der Waals surface area contributed by atoms with E-state index in [2.05, 4.69) is 0 Å². The molecule has 0 unspecified atom stereocenters. The van der Waals surface area contributed by atoms with Crippen molar-refractivity contribution in [2.24, 2.45) is 5.73 Å². The summed E-state index contributed by atoms with van der Waals surface area (Å²) in [5.41, 5.74) is 13.6. The maximum atomic E-state index is 12.8. The van der Waals surface area contributed by atoms with Crippen molar-refractivity contribution >= 4 is 29.1 Å². The van der Waals surface area contributed by atoms with E-state index in [0.29, 0.717) is 16.7 Å². The summed E-state index contributed by atoms with van der Waals surface area (Å²) in [4.78, 5) is 25.7. The van der Waals surface area contributed by atoms with E-state index in [1.807, 2.05) is 36.4 Å². The van der Waals surface area contributed by atoms with Gasteiger partial charge in [-0.1, -0.05) is 60.7 Å². The zero-order valence-corrected chi connectivity index (χ0v) is 14.8. The van der Waals surface area contributed by atoms with Crippen LogP contribution in [0.5, 0.6) is 0 Å². The van der Waals surface area contributed by atoms with Crippen LogP contribution in [-0.2, 0) is 4.79 Å². The van der Waals surface area contributed by atoms with E-state index in [9.17, 15) is 9.59 Å². The Kier molecular flexibility index (Phi) is 5.39. The Balaban J connectivity index is 1.99. The first-order valence-corrected chi connectivity index (χ1v) is 8.95. The molecule has 26 heavy (non-hydrogen) atoms. The number of nitrogen functional groups attached to an aromatic ring is 1. The van der Waals surface area contributed by atoms with Crippen LogP contribution < -0.4 is 11.5 Å². The lowest BCUT2D eigenvalue weighted by molar-refractivity contribution is -0.117. The summed E-state index contributed by atoms with van der Waals surface area (Å²) in [6.45, 7) is 0. The van der Waals surface area contributed by atoms with Crippen molar-refractivity contribution in [2.75, 3.05) is 5.73 Å². The highest BCUT2D eigenvalue weighted by molar-refractivity contribution is 8.00. The first-order valence-electron chi connectivity index (χ1n) is 8.07. The first-order chi connectivity index (χ1) is 12.6. The van der Waals surface area contributed by atoms with Crippen molar-refractivity contribution in [1.82, 2.24) is 0 Å². The van der Waals surface area contributed by atoms with Crippen LogP contribution in [0.15, 0.2) is 83.8 Å². The van der Waals surface area contributed by atoms with E-state index in [1.165, 1.54) is 11.8 Å². The van der Waals surface area contributed by atoms with Gasteiger partial charge in [-0.15, -0.1) is 11.8 Å². The van der Waals surface area contributed by atoms with Crippen molar-refractivity contribution in [3.8, 4) is 0 Å². The second-order valence-electron chi connectivity index (χ2n) is 5.72. The number of amides is 1. The van der Waals surface area contributed by atoms with Crippen LogP contribution in [0.4, 0.5) is 5.69 Å². The minimum Gasteiger partial charge on any atom is -0.398 e. The highest BCUT2D eigenvalue weighted by Gasteiger charge is 2.24. The summed E-state index contributed by atoms with van der Waals surface area (Å²) >= 11 is 1.31. The van der Waals surface area contributed by atoms with Gasteiger partial charge in [-0.2, -0.15) is 0 Å². The zero-order valence-electron chi connectivity index (χ0n) is 14.0. The maximum Gasteiger partial charge on any atom is 0.235 e. The van der Waals surface area contributed by atoms with E-state index in [1.54, 1.807) is 42.5 Å². The SMILES string of the molecule is NC(=O)[C@@H](Sc1ccccc1)c1cccc(C(=O)c2ccccc2)c1N. The average molecular weight is 362 g/mol. The molecule has 5 heteroatoms. The molecule has 1 atom stereocenters. The van der Waals surface area contributed by atoms with Crippen LogP contribution >= 0.6 is 11.8 Å². The average Bonchev–Trinajstić information content (AvgIpc) is 2.67. The Labute approximate surface area is 156 Å². The Hall–Kier alpha value is -3.05. The standard InChI is InChI=1S/C21H18N2O2S/c22-18-16(19(24)14-8-3-1-4-9-14)12-7-13-17(18)20(21(23)25)26-15-10-5-2-6-11-15/h1-13,20H,22H2,(H2,23,25)/t20-/m0/s1. The highest BCUT2D eigenvalue weighted by atomic mass is 32.2.